The van der Waals surface area contributed by atoms with E-state index in [9.17, 15) is 9.59 Å². The average molecular weight is 462 g/mol. The summed E-state index contributed by atoms with van der Waals surface area (Å²) in [5.41, 5.74) is 7.35. The van der Waals surface area contributed by atoms with E-state index in [2.05, 4.69) is 10.5 Å². The Balaban J connectivity index is 1.72. The molecule has 1 amide bonds. The van der Waals surface area contributed by atoms with E-state index in [1.54, 1.807) is 12.3 Å². The summed E-state index contributed by atoms with van der Waals surface area (Å²) in [7, 11) is 0. The van der Waals surface area contributed by atoms with E-state index in [1.165, 1.54) is 0 Å². The van der Waals surface area contributed by atoms with Gasteiger partial charge in [0.1, 0.15) is 5.75 Å². The molecule has 1 heterocycles. The van der Waals surface area contributed by atoms with Gasteiger partial charge in [0, 0.05) is 17.0 Å². The minimum Gasteiger partial charge on any atom is -0.494 e. The van der Waals surface area contributed by atoms with E-state index in [1.807, 2.05) is 87.7 Å². The highest BCUT2D eigenvalue weighted by Crippen LogP contribution is 2.24. The molecule has 0 saturated heterocycles. The Bertz CT molecular complexity index is 1180. The molecule has 1 aromatic heterocycles. The summed E-state index contributed by atoms with van der Waals surface area (Å²) < 4.78 is 12.8. The second-order valence-electron chi connectivity index (χ2n) is 8.18. The van der Waals surface area contributed by atoms with Gasteiger partial charge in [0.15, 0.2) is 0 Å². The number of para-hydroxylation sites is 1. The first-order valence-corrected chi connectivity index (χ1v) is 11.3. The van der Waals surface area contributed by atoms with E-state index >= 15 is 0 Å². The molecule has 0 aliphatic carbocycles. The number of rotatable bonds is 9. The fourth-order valence-electron chi connectivity index (χ4n) is 3.68. The van der Waals surface area contributed by atoms with Crippen LogP contribution in [0.5, 0.6) is 5.75 Å². The third-order valence-corrected chi connectivity index (χ3v) is 5.17. The quantitative estimate of drug-likeness (QED) is 0.283. The summed E-state index contributed by atoms with van der Waals surface area (Å²) in [6.07, 6.45) is 1.62. The minimum absolute atomic E-state index is 0.207. The van der Waals surface area contributed by atoms with Crippen LogP contribution in [0.25, 0.3) is 5.69 Å². The number of esters is 1. The molecule has 178 valence electrons. The molecule has 7 nitrogen and oxygen atoms in total. The van der Waals surface area contributed by atoms with Crippen LogP contribution in [-0.2, 0) is 16.0 Å². The van der Waals surface area contributed by atoms with E-state index < -0.39 is 0 Å². The highest BCUT2D eigenvalue weighted by Gasteiger charge is 2.18. The van der Waals surface area contributed by atoms with Crippen LogP contribution in [-0.4, -0.2) is 35.4 Å². The summed E-state index contributed by atoms with van der Waals surface area (Å²) in [4.78, 5) is 24.9. The normalized spacial score (nSPS) is 11.1. The lowest BCUT2D eigenvalue weighted by molar-refractivity contribution is -0.120. The first-order chi connectivity index (χ1) is 16.3. The van der Waals surface area contributed by atoms with Crippen LogP contribution < -0.4 is 10.2 Å². The number of nitrogens with one attached hydrogen (secondary N) is 1. The molecule has 0 spiro atoms. The van der Waals surface area contributed by atoms with Crippen molar-refractivity contribution >= 4 is 18.1 Å². The Kier molecular flexibility index (Phi) is 8.24. The van der Waals surface area contributed by atoms with Crippen LogP contribution in [0.1, 0.15) is 53.6 Å². The van der Waals surface area contributed by atoms with Crippen molar-refractivity contribution < 1.29 is 19.1 Å². The SMILES string of the molecule is CCOc1ccc(CC(=O)N/N=C\c2cc(C)n(-c3ccccc3C(=O)OC(C)C)c2C)cc1. The Labute approximate surface area is 200 Å². The van der Waals surface area contributed by atoms with E-state index in [0.29, 0.717) is 12.2 Å². The zero-order chi connectivity index (χ0) is 24.7. The van der Waals surface area contributed by atoms with Crippen LogP contribution in [0.3, 0.4) is 0 Å². The van der Waals surface area contributed by atoms with Crippen LogP contribution >= 0.6 is 0 Å². The number of aryl methyl sites for hydroxylation is 1. The predicted molar refractivity (Wildman–Crippen MR) is 133 cm³/mol. The minimum atomic E-state index is -0.366. The van der Waals surface area contributed by atoms with Crippen molar-refractivity contribution in [2.24, 2.45) is 5.10 Å². The van der Waals surface area contributed by atoms with Crippen molar-refractivity contribution in [3.05, 3.63) is 82.7 Å². The van der Waals surface area contributed by atoms with Crippen LogP contribution in [0.4, 0.5) is 0 Å². The van der Waals surface area contributed by atoms with Crippen LogP contribution in [0.15, 0.2) is 59.7 Å². The number of aromatic nitrogens is 1. The van der Waals surface area contributed by atoms with Gasteiger partial charge in [0.05, 0.1) is 36.6 Å². The maximum atomic E-state index is 12.6. The van der Waals surface area contributed by atoms with Gasteiger partial charge in [-0.3, -0.25) is 4.79 Å². The number of benzene rings is 2. The summed E-state index contributed by atoms with van der Waals surface area (Å²) in [6, 6.07) is 16.7. The molecule has 0 aliphatic rings. The van der Waals surface area contributed by atoms with Gasteiger partial charge in [-0.15, -0.1) is 0 Å². The molecule has 0 radical (unpaired) electrons. The Morgan fingerprint density at radius 1 is 1.09 bits per heavy atom. The third-order valence-electron chi connectivity index (χ3n) is 5.17. The van der Waals surface area contributed by atoms with Crippen molar-refractivity contribution in [2.75, 3.05) is 6.61 Å². The van der Waals surface area contributed by atoms with Gasteiger partial charge < -0.3 is 14.0 Å². The molecule has 0 atom stereocenters. The maximum absolute atomic E-state index is 12.6. The molecule has 0 unspecified atom stereocenters. The molecule has 1 N–H and O–H groups in total. The topological polar surface area (TPSA) is 81.9 Å². The van der Waals surface area contributed by atoms with Gasteiger partial charge in [-0.2, -0.15) is 5.10 Å². The molecule has 34 heavy (non-hydrogen) atoms. The number of carbonyl (C=O) groups excluding carboxylic acids is 2. The molecule has 7 heteroatoms. The van der Waals surface area contributed by atoms with Crippen molar-refractivity contribution in [3.63, 3.8) is 0 Å². The zero-order valence-corrected chi connectivity index (χ0v) is 20.3. The summed E-state index contributed by atoms with van der Waals surface area (Å²) in [5, 5.41) is 4.14. The lowest BCUT2D eigenvalue weighted by Crippen LogP contribution is -2.19. The number of ether oxygens (including phenoxy) is 2. The Morgan fingerprint density at radius 2 is 1.79 bits per heavy atom. The van der Waals surface area contributed by atoms with Gasteiger partial charge in [-0.25, -0.2) is 10.2 Å². The van der Waals surface area contributed by atoms with Crippen LogP contribution in [0, 0.1) is 13.8 Å². The highest BCUT2D eigenvalue weighted by molar-refractivity contribution is 5.94. The van der Waals surface area contributed by atoms with E-state index in [0.717, 1.165) is 34.0 Å². The zero-order valence-electron chi connectivity index (χ0n) is 20.3. The highest BCUT2D eigenvalue weighted by atomic mass is 16.5. The van der Waals surface area contributed by atoms with E-state index in [4.69, 9.17) is 9.47 Å². The Hall–Kier alpha value is -3.87. The largest absolute Gasteiger partial charge is 0.494 e. The van der Waals surface area contributed by atoms with Crippen molar-refractivity contribution in [3.8, 4) is 11.4 Å². The predicted octanol–water partition coefficient (Wildman–Crippen LogP) is 4.75. The molecule has 2 aromatic carbocycles. The number of nitrogens with zero attached hydrogens (tertiary/aromatic N) is 2. The molecule has 0 saturated carbocycles. The number of amides is 1. The van der Waals surface area contributed by atoms with Crippen molar-refractivity contribution in [2.45, 2.75) is 47.1 Å². The van der Waals surface area contributed by atoms with Gasteiger partial charge in [0.25, 0.3) is 0 Å². The average Bonchev–Trinajstić information content (AvgIpc) is 3.07. The van der Waals surface area contributed by atoms with E-state index in [-0.39, 0.29) is 24.4 Å². The third kappa shape index (κ3) is 6.13. The maximum Gasteiger partial charge on any atom is 0.340 e. The molecular weight excluding hydrogens is 430 g/mol. The fraction of sp³-hybridized carbons (Fsp3) is 0.296. The molecular formula is C27H31N3O4. The monoisotopic (exact) mass is 461 g/mol. The first-order valence-electron chi connectivity index (χ1n) is 11.3. The molecule has 3 rings (SSSR count). The number of hydrogen-bond acceptors (Lipinski definition) is 5. The first kappa shape index (κ1) is 24.8. The smallest absolute Gasteiger partial charge is 0.340 e. The fourth-order valence-corrected chi connectivity index (χ4v) is 3.68. The molecule has 0 bridgehead atoms. The summed E-state index contributed by atoms with van der Waals surface area (Å²) >= 11 is 0. The lowest BCUT2D eigenvalue weighted by Gasteiger charge is -2.15. The summed E-state index contributed by atoms with van der Waals surface area (Å²) in [6.45, 7) is 10.1. The molecule has 3 aromatic rings. The number of hydrazone groups is 1. The number of hydrogen-bond donors (Lipinski definition) is 1. The molecule has 0 aliphatic heterocycles. The van der Waals surface area contributed by atoms with Crippen molar-refractivity contribution in [1.82, 2.24) is 9.99 Å². The lowest BCUT2D eigenvalue weighted by atomic mass is 10.1. The van der Waals surface area contributed by atoms with Gasteiger partial charge in [-0.1, -0.05) is 24.3 Å². The summed E-state index contributed by atoms with van der Waals surface area (Å²) in [5.74, 6) is 0.199. The van der Waals surface area contributed by atoms with Gasteiger partial charge >= 0.3 is 5.97 Å². The second-order valence-corrected chi connectivity index (χ2v) is 8.18. The second kappa shape index (κ2) is 11.3. The van der Waals surface area contributed by atoms with Crippen molar-refractivity contribution in [1.29, 1.82) is 0 Å². The Morgan fingerprint density at radius 3 is 2.47 bits per heavy atom. The van der Waals surface area contributed by atoms with Gasteiger partial charge in [0.2, 0.25) is 5.91 Å². The van der Waals surface area contributed by atoms with Gasteiger partial charge in [-0.05, 0) is 70.5 Å². The van der Waals surface area contributed by atoms with Crippen LogP contribution in [0.2, 0.25) is 0 Å². The molecule has 0 fully saturated rings. The number of carbonyl (C=O) groups is 2. The standard InChI is InChI=1S/C27H31N3O4/c1-6-33-23-13-11-21(12-14-23)16-26(31)29-28-17-22-15-19(4)30(20(22)5)25-10-8-7-9-24(25)27(32)34-18(2)3/h7-15,17-18H,6,16H2,1-5H3,(H,29,31)/b28-17-.